The second kappa shape index (κ2) is 14.3. The second-order valence-electron chi connectivity index (χ2n) is 12.0. The fourth-order valence-corrected chi connectivity index (χ4v) is 8.18. The summed E-state index contributed by atoms with van der Waals surface area (Å²) in [4.78, 5) is 24.8. The SMILES string of the molecule is CC(C)(c1ccc(OCCOC(=O)/C=C2\NS(=O)(=O)c3ccccc32)cc1)c1ccc(OCCOC(=O)/C=C2\NS(=O)(=O)c3ccccc32)cc1. The predicted molar refractivity (Wildman–Crippen MR) is 187 cm³/mol. The summed E-state index contributed by atoms with van der Waals surface area (Å²) in [5.41, 5.74) is 2.87. The summed E-state index contributed by atoms with van der Waals surface area (Å²) in [5.74, 6) is -0.195. The molecule has 0 unspecified atom stereocenters. The molecule has 0 aliphatic carbocycles. The summed E-state index contributed by atoms with van der Waals surface area (Å²) >= 11 is 0. The lowest BCUT2D eigenvalue weighted by Crippen LogP contribution is -2.19. The fourth-order valence-electron chi connectivity index (χ4n) is 5.60. The van der Waals surface area contributed by atoms with Gasteiger partial charge in [0.25, 0.3) is 20.0 Å². The summed E-state index contributed by atoms with van der Waals surface area (Å²) in [6.07, 6.45) is 2.23. The van der Waals surface area contributed by atoms with Crippen molar-refractivity contribution in [3.63, 3.8) is 0 Å². The van der Waals surface area contributed by atoms with Crippen molar-refractivity contribution in [3.05, 3.63) is 131 Å². The molecule has 0 saturated heterocycles. The molecule has 2 heterocycles. The van der Waals surface area contributed by atoms with Crippen LogP contribution in [0.4, 0.5) is 0 Å². The molecule has 0 amide bonds. The number of fused-ring (bicyclic) bond motifs is 2. The van der Waals surface area contributed by atoms with Crippen molar-refractivity contribution in [2.45, 2.75) is 29.1 Å². The van der Waals surface area contributed by atoms with E-state index in [1.807, 2.05) is 48.5 Å². The molecule has 264 valence electrons. The van der Waals surface area contributed by atoms with Crippen molar-refractivity contribution < 1.29 is 45.4 Å². The Bertz CT molecular complexity index is 2090. The van der Waals surface area contributed by atoms with Crippen LogP contribution in [0.25, 0.3) is 11.4 Å². The van der Waals surface area contributed by atoms with Gasteiger partial charge in [0.1, 0.15) is 37.9 Å². The molecule has 6 rings (SSSR count). The first-order valence-corrected chi connectivity index (χ1v) is 18.8. The molecule has 0 saturated carbocycles. The van der Waals surface area contributed by atoms with Crippen molar-refractivity contribution in [2.75, 3.05) is 26.4 Å². The van der Waals surface area contributed by atoms with Crippen LogP contribution < -0.4 is 18.9 Å². The zero-order valence-corrected chi connectivity index (χ0v) is 29.3. The van der Waals surface area contributed by atoms with E-state index >= 15 is 0 Å². The Morgan fingerprint density at radius 2 is 0.941 bits per heavy atom. The molecular weight excluding hydrogens is 697 g/mol. The Kier molecular flexibility index (Phi) is 9.90. The van der Waals surface area contributed by atoms with E-state index in [2.05, 4.69) is 23.3 Å². The zero-order chi connectivity index (χ0) is 36.2. The predicted octanol–water partition coefficient (Wildman–Crippen LogP) is 4.52. The lowest BCUT2D eigenvalue weighted by molar-refractivity contribution is -0.139. The van der Waals surface area contributed by atoms with Crippen LogP contribution in [0.1, 0.15) is 36.1 Å². The molecule has 51 heavy (non-hydrogen) atoms. The minimum atomic E-state index is -3.70. The molecular formula is C37H34N2O10S2. The van der Waals surface area contributed by atoms with E-state index < -0.39 is 32.0 Å². The maximum atomic E-state index is 12.3. The van der Waals surface area contributed by atoms with Crippen LogP contribution in [0, 0.1) is 0 Å². The highest BCUT2D eigenvalue weighted by Gasteiger charge is 2.31. The van der Waals surface area contributed by atoms with Crippen molar-refractivity contribution >= 4 is 43.4 Å². The quantitative estimate of drug-likeness (QED) is 0.120. The highest BCUT2D eigenvalue weighted by atomic mass is 32.2. The maximum absolute atomic E-state index is 12.3. The summed E-state index contributed by atoms with van der Waals surface area (Å²) in [5, 5.41) is 0. The van der Waals surface area contributed by atoms with Gasteiger partial charge in [-0.3, -0.25) is 9.44 Å². The minimum Gasteiger partial charge on any atom is -0.490 e. The van der Waals surface area contributed by atoms with Crippen LogP contribution in [0.15, 0.2) is 119 Å². The van der Waals surface area contributed by atoms with E-state index in [0.717, 1.165) is 23.3 Å². The van der Waals surface area contributed by atoms with Gasteiger partial charge >= 0.3 is 11.9 Å². The molecule has 0 fully saturated rings. The molecule has 0 spiro atoms. The number of hydrogen-bond acceptors (Lipinski definition) is 10. The van der Waals surface area contributed by atoms with Gasteiger partial charge in [0.05, 0.1) is 21.2 Å². The number of carbonyl (C=O) groups excluding carboxylic acids is 2. The van der Waals surface area contributed by atoms with Gasteiger partial charge in [-0.2, -0.15) is 0 Å². The lowest BCUT2D eigenvalue weighted by atomic mass is 9.78. The van der Waals surface area contributed by atoms with E-state index in [-0.39, 0.29) is 53.0 Å². The molecule has 12 nitrogen and oxygen atoms in total. The first-order chi connectivity index (χ1) is 24.3. The van der Waals surface area contributed by atoms with Gasteiger partial charge in [0.2, 0.25) is 0 Å². The Balaban J connectivity index is 0.939. The van der Waals surface area contributed by atoms with Crippen molar-refractivity contribution in [1.29, 1.82) is 0 Å². The van der Waals surface area contributed by atoms with Crippen LogP contribution in [0.2, 0.25) is 0 Å². The Labute approximate surface area is 295 Å². The third-order valence-electron chi connectivity index (χ3n) is 8.29. The minimum absolute atomic E-state index is 0.0298. The largest absolute Gasteiger partial charge is 0.490 e. The molecule has 2 aliphatic heterocycles. The van der Waals surface area contributed by atoms with Gasteiger partial charge in [-0.25, -0.2) is 26.4 Å². The summed E-state index contributed by atoms with van der Waals surface area (Å²) in [6.45, 7) is 4.33. The van der Waals surface area contributed by atoms with Crippen molar-refractivity contribution in [1.82, 2.24) is 9.44 Å². The molecule has 0 radical (unpaired) electrons. The maximum Gasteiger partial charge on any atom is 0.333 e. The average molecular weight is 731 g/mol. The van der Waals surface area contributed by atoms with Crippen LogP contribution in [0.3, 0.4) is 0 Å². The number of nitrogens with one attached hydrogen (secondary N) is 2. The van der Waals surface area contributed by atoms with Gasteiger partial charge in [0, 0.05) is 28.7 Å². The van der Waals surface area contributed by atoms with Gasteiger partial charge < -0.3 is 18.9 Å². The molecule has 4 aromatic carbocycles. The fraction of sp³-hybridized carbons (Fsp3) is 0.189. The summed E-state index contributed by atoms with van der Waals surface area (Å²) in [7, 11) is -7.40. The third-order valence-corrected chi connectivity index (χ3v) is 11.1. The van der Waals surface area contributed by atoms with E-state index in [9.17, 15) is 26.4 Å². The summed E-state index contributed by atoms with van der Waals surface area (Å²) < 4.78 is 75.5. The standard InChI is InChI=1S/C37H34N2O10S2/c1-37(2,25-11-15-27(16-12-25)46-19-21-48-35(40)23-31-29-7-3-5-9-33(29)50(42,43)38-31)26-13-17-28(18-14-26)47-20-22-49-36(41)24-32-30-8-4-6-10-34(30)51(44,45)39-32/h3-18,23-24,38-39H,19-22H2,1-2H3/b31-23-,32-24-. The van der Waals surface area contributed by atoms with Crippen LogP contribution in [-0.2, 0) is 44.5 Å². The number of carbonyl (C=O) groups is 2. The topological polar surface area (TPSA) is 163 Å². The molecule has 4 aromatic rings. The van der Waals surface area contributed by atoms with Gasteiger partial charge in [0.15, 0.2) is 0 Å². The van der Waals surface area contributed by atoms with Crippen LogP contribution >= 0.6 is 0 Å². The molecule has 2 N–H and O–H groups in total. The smallest absolute Gasteiger partial charge is 0.333 e. The van der Waals surface area contributed by atoms with Gasteiger partial charge in [-0.15, -0.1) is 0 Å². The highest BCUT2D eigenvalue weighted by Crippen LogP contribution is 2.34. The average Bonchev–Trinajstić information content (AvgIpc) is 3.52. The normalized spacial score (nSPS) is 16.7. The molecule has 0 aromatic heterocycles. The Morgan fingerprint density at radius 3 is 1.33 bits per heavy atom. The number of rotatable bonds is 12. The van der Waals surface area contributed by atoms with Crippen molar-refractivity contribution in [3.8, 4) is 11.5 Å². The Hall–Kier alpha value is -5.60. The third kappa shape index (κ3) is 7.92. The number of esters is 2. The molecule has 2 aliphatic rings. The van der Waals surface area contributed by atoms with E-state index in [4.69, 9.17) is 18.9 Å². The monoisotopic (exact) mass is 730 g/mol. The van der Waals surface area contributed by atoms with Crippen molar-refractivity contribution in [2.24, 2.45) is 0 Å². The number of hydrogen-bond donors (Lipinski definition) is 2. The first-order valence-electron chi connectivity index (χ1n) is 15.8. The van der Waals surface area contributed by atoms with E-state index in [0.29, 0.717) is 22.6 Å². The molecule has 0 bridgehead atoms. The molecule has 14 heteroatoms. The highest BCUT2D eigenvalue weighted by molar-refractivity contribution is 7.90. The molecule has 0 atom stereocenters. The van der Waals surface area contributed by atoms with Crippen LogP contribution in [0.5, 0.6) is 11.5 Å². The van der Waals surface area contributed by atoms with E-state index in [1.165, 1.54) is 12.1 Å². The van der Waals surface area contributed by atoms with Crippen LogP contribution in [-0.4, -0.2) is 55.2 Å². The summed E-state index contributed by atoms with van der Waals surface area (Å²) in [6, 6.07) is 27.9. The lowest BCUT2D eigenvalue weighted by Gasteiger charge is -2.26. The first kappa shape index (κ1) is 35.2. The number of sulfonamides is 2. The van der Waals surface area contributed by atoms with Gasteiger partial charge in [-0.05, 0) is 47.5 Å². The number of ether oxygens (including phenoxy) is 4. The van der Waals surface area contributed by atoms with Gasteiger partial charge in [-0.1, -0.05) is 74.5 Å². The Morgan fingerprint density at radius 1 is 0.569 bits per heavy atom. The van der Waals surface area contributed by atoms with E-state index in [1.54, 1.807) is 36.4 Å². The second-order valence-corrected chi connectivity index (χ2v) is 15.3. The number of benzene rings is 4. The zero-order valence-electron chi connectivity index (χ0n) is 27.6.